The van der Waals surface area contributed by atoms with Gasteiger partial charge in [-0.2, -0.15) is 0 Å². The van der Waals surface area contributed by atoms with Crippen LogP contribution in [0.2, 0.25) is 0 Å². The Kier molecular flexibility index (Phi) is 5.40. The lowest BCUT2D eigenvalue weighted by Crippen LogP contribution is -2.28. The van der Waals surface area contributed by atoms with Crippen molar-refractivity contribution in [3.8, 4) is 0 Å². The molecule has 0 unspecified atom stereocenters. The average molecular weight is 321 g/mol. The molecule has 5 heteroatoms. The van der Waals surface area contributed by atoms with Gasteiger partial charge in [0.2, 0.25) is 5.91 Å². The van der Waals surface area contributed by atoms with Crippen LogP contribution in [0.3, 0.4) is 0 Å². The highest BCUT2D eigenvalue weighted by Crippen LogP contribution is 2.19. The van der Waals surface area contributed by atoms with Gasteiger partial charge in [-0.3, -0.25) is 4.79 Å². The van der Waals surface area contributed by atoms with E-state index in [1.165, 1.54) is 5.56 Å². The molecule has 1 aliphatic heterocycles. The standard InChI is InChI=1S/C17H23NO3S/c1-3-15(16-6-4-13(2)5-7-16)10-17(19)18-11-14-8-9-22(20,21)12-14/h4-7,10,14H,3,8-9,11-12H2,1-2H3,(H,18,19)/b15-10-/t14-/m0/s1. The number of aryl methyl sites for hydroxylation is 1. The molecule has 2 rings (SSSR count). The van der Waals surface area contributed by atoms with Gasteiger partial charge in [-0.15, -0.1) is 0 Å². The van der Waals surface area contributed by atoms with Crippen LogP contribution in [0.5, 0.6) is 0 Å². The number of amides is 1. The van der Waals surface area contributed by atoms with Crippen LogP contribution in [0.15, 0.2) is 30.3 Å². The number of hydrogen-bond acceptors (Lipinski definition) is 3. The fraction of sp³-hybridized carbons (Fsp3) is 0.471. The lowest BCUT2D eigenvalue weighted by molar-refractivity contribution is -0.116. The van der Waals surface area contributed by atoms with Crippen molar-refractivity contribution in [3.63, 3.8) is 0 Å². The van der Waals surface area contributed by atoms with E-state index in [0.717, 1.165) is 17.6 Å². The molecule has 4 nitrogen and oxygen atoms in total. The first kappa shape index (κ1) is 16.7. The molecule has 0 radical (unpaired) electrons. The summed E-state index contributed by atoms with van der Waals surface area (Å²) in [5, 5.41) is 2.83. The van der Waals surface area contributed by atoms with Crippen LogP contribution >= 0.6 is 0 Å². The highest BCUT2D eigenvalue weighted by molar-refractivity contribution is 7.91. The monoisotopic (exact) mass is 321 g/mol. The van der Waals surface area contributed by atoms with Gasteiger partial charge in [0, 0.05) is 12.6 Å². The van der Waals surface area contributed by atoms with Gasteiger partial charge < -0.3 is 5.32 Å². The molecule has 1 fully saturated rings. The Morgan fingerprint density at radius 2 is 2.00 bits per heavy atom. The molecular formula is C17H23NO3S. The molecule has 22 heavy (non-hydrogen) atoms. The van der Waals surface area contributed by atoms with Crippen molar-refractivity contribution in [2.24, 2.45) is 5.92 Å². The van der Waals surface area contributed by atoms with Crippen molar-refractivity contribution in [3.05, 3.63) is 41.5 Å². The lowest BCUT2D eigenvalue weighted by atomic mass is 10.0. The Morgan fingerprint density at radius 1 is 1.32 bits per heavy atom. The normalized spacial score (nSPS) is 20.8. The zero-order chi connectivity index (χ0) is 16.2. The van der Waals surface area contributed by atoms with Crippen LogP contribution in [-0.2, 0) is 14.6 Å². The third-order valence-electron chi connectivity index (χ3n) is 4.00. The van der Waals surface area contributed by atoms with Gasteiger partial charge in [0.25, 0.3) is 0 Å². The number of carbonyl (C=O) groups excluding carboxylic acids is 1. The van der Waals surface area contributed by atoms with E-state index in [0.29, 0.717) is 13.0 Å². The molecule has 1 atom stereocenters. The van der Waals surface area contributed by atoms with E-state index < -0.39 is 9.84 Å². The number of carbonyl (C=O) groups is 1. The molecular weight excluding hydrogens is 298 g/mol. The maximum Gasteiger partial charge on any atom is 0.244 e. The number of nitrogens with one attached hydrogen (secondary N) is 1. The molecule has 0 saturated carbocycles. The minimum atomic E-state index is -2.88. The van der Waals surface area contributed by atoms with Crippen LogP contribution in [0.25, 0.3) is 5.57 Å². The van der Waals surface area contributed by atoms with Crippen molar-refractivity contribution < 1.29 is 13.2 Å². The fourth-order valence-electron chi connectivity index (χ4n) is 2.64. The Hall–Kier alpha value is -1.62. The minimum absolute atomic E-state index is 0.0480. The van der Waals surface area contributed by atoms with Gasteiger partial charge >= 0.3 is 0 Å². The third kappa shape index (κ3) is 4.70. The quantitative estimate of drug-likeness (QED) is 0.847. The van der Waals surface area contributed by atoms with Crippen LogP contribution in [-0.4, -0.2) is 32.4 Å². The van der Waals surface area contributed by atoms with E-state index in [1.807, 2.05) is 38.1 Å². The molecule has 0 aromatic heterocycles. The maximum atomic E-state index is 12.0. The maximum absolute atomic E-state index is 12.0. The minimum Gasteiger partial charge on any atom is -0.352 e. The Bertz CT molecular complexity index is 660. The third-order valence-corrected chi connectivity index (χ3v) is 5.84. The second-order valence-corrected chi connectivity index (χ2v) is 8.13. The van der Waals surface area contributed by atoms with Crippen molar-refractivity contribution in [1.29, 1.82) is 0 Å². The summed E-state index contributed by atoms with van der Waals surface area (Å²) in [5.74, 6) is 0.330. The molecule has 1 heterocycles. The van der Waals surface area contributed by atoms with Crippen molar-refractivity contribution in [2.75, 3.05) is 18.1 Å². The second-order valence-electron chi connectivity index (χ2n) is 5.90. The number of allylic oxidation sites excluding steroid dienone is 1. The van der Waals surface area contributed by atoms with Crippen LogP contribution in [0, 0.1) is 12.8 Å². The van der Waals surface area contributed by atoms with Gasteiger partial charge in [-0.25, -0.2) is 8.42 Å². The average Bonchev–Trinajstić information content (AvgIpc) is 2.83. The van der Waals surface area contributed by atoms with Crippen molar-refractivity contribution in [1.82, 2.24) is 5.32 Å². The summed E-state index contributed by atoms with van der Waals surface area (Å²) in [6, 6.07) is 8.09. The van der Waals surface area contributed by atoms with Crippen LogP contribution in [0.4, 0.5) is 0 Å². The summed E-state index contributed by atoms with van der Waals surface area (Å²) in [4.78, 5) is 12.0. The molecule has 1 N–H and O–H groups in total. The lowest BCUT2D eigenvalue weighted by Gasteiger charge is -2.09. The molecule has 1 aliphatic rings. The predicted molar refractivity (Wildman–Crippen MR) is 89.2 cm³/mol. The van der Waals surface area contributed by atoms with Gasteiger partial charge in [-0.1, -0.05) is 36.8 Å². The fourth-order valence-corrected chi connectivity index (χ4v) is 4.51. The summed E-state index contributed by atoms with van der Waals surface area (Å²) in [6.45, 7) is 4.48. The zero-order valence-electron chi connectivity index (χ0n) is 13.1. The van der Waals surface area contributed by atoms with E-state index in [2.05, 4.69) is 5.32 Å². The SMILES string of the molecule is CC/C(=C/C(=O)NC[C@@H]1CCS(=O)(=O)C1)c1ccc(C)cc1. The van der Waals surface area contributed by atoms with Crippen molar-refractivity contribution in [2.45, 2.75) is 26.7 Å². The first-order valence-electron chi connectivity index (χ1n) is 7.65. The summed E-state index contributed by atoms with van der Waals surface area (Å²) >= 11 is 0. The largest absolute Gasteiger partial charge is 0.352 e. The van der Waals surface area contributed by atoms with E-state index in [-0.39, 0.29) is 23.3 Å². The predicted octanol–water partition coefficient (Wildman–Crippen LogP) is 2.34. The summed E-state index contributed by atoms with van der Waals surface area (Å²) in [5.41, 5.74) is 3.22. The number of rotatable bonds is 5. The van der Waals surface area contributed by atoms with Gasteiger partial charge in [0.15, 0.2) is 9.84 Å². The summed E-state index contributed by atoms with van der Waals surface area (Å²) < 4.78 is 22.8. The molecule has 1 saturated heterocycles. The number of benzene rings is 1. The highest BCUT2D eigenvalue weighted by Gasteiger charge is 2.27. The van der Waals surface area contributed by atoms with Crippen molar-refractivity contribution >= 4 is 21.3 Å². The van der Waals surface area contributed by atoms with E-state index in [1.54, 1.807) is 6.08 Å². The first-order valence-corrected chi connectivity index (χ1v) is 9.47. The first-order chi connectivity index (χ1) is 10.4. The molecule has 1 aromatic carbocycles. The van der Waals surface area contributed by atoms with Crippen LogP contribution < -0.4 is 5.32 Å². The number of hydrogen-bond donors (Lipinski definition) is 1. The van der Waals surface area contributed by atoms with Gasteiger partial charge in [0.1, 0.15) is 0 Å². The van der Waals surface area contributed by atoms with Gasteiger partial charge in [0.05, 0.1) is 11.5 Å². The molecule has 120 valence electrons. The highest BCUT2D eigenvalue weighted by atomic mass is 32.2. The smallest absolute Gasteiger partial charge is 0.244 e. The van der Waals surface area contributed by atoms with Gasteiger partial charge in [-0.05, 0) is 36.8 Å². The molecule has 1 amide bonds. The van der Waals surface area contributed by atoms with E-state index in [9.17, 15) is 13.2 Å². The topological polar surface area (TPSA) is 63.2 Å². The zero-order valence-corrected chi connectivity index (χ0v) is 13.9. The van der Waals surface area contributed by atoms with Crippen LogP contribution in [0.1, 0.15) is 30.9 Å². The molecule has 1 aromatic rings. The molecule has 0 bridgehead atoms. The Labute approximate surface area is 132 Å². The summed E-state index contributed by atoms with van der Waals surface area (Å²) in [6.07, 6.45) is 3.04. The second kappa shape index (κ2) is 7.09. The van der Waals surface area contributed by atoms with E-state index in [4.69, 9.17) is 0 Å². The molecule has 0 aliphatic carbocycles. The Morgan fingerprint density at radius 3 is 2.55 bits per heavy atom. The number of sulfone groups is 1. The Balaban J connectivity index is 1.95. The molecule has 0 spiro atoms. The summed E-state index contributed by atoms with van der Waals surface area (Å²) in [7, 11) is -2.88. The van der Waals surface area contributed by atoms with E-state index >= 15 is 0 Å².